The molecule has 4 fully saturated rings. The first-order valence-electron chi connectivity index (χ1n) is 31.1. The van der Waals surface area contributed by atoms with Crippen molar-refractivity contribution >= 4 is 35.3 Å². The van der Waals surface area contributed by atoms with E-state index in [1.807, 2.05) is 150 Å². The van der Waals surface area contributed by atoms with Crippen LogP contribution < -0.4 is 10.6 Å². The van der Waals surface area contributed by atoms with Gasteiger partial charge in [-0.2, -0.15) is 0 Å². The topological polar surface area (TPSA) is 180 Å². The lowest BCUT2D eigenvalue weighted by Crippen LogP contribution is -2.60. The number of piperidine rings is 2. The van der Waals surface area contributed by atoms with Crippen molar-refractivity contribution in [3.63, 3.8) is 0 Å². The molecule has 4 N–H and O–H groups in total. The smallest absolute Gasteiger partial charge is 0.253 e. The van der Waals surface area contributed by atoms with Gasteiger partial charge in [0.1, 0.15) is 11.8 Å². The summed E-state index contributed by atoms with van der Waals surface area (Å²) in [4.78, 5) is 93.6. The molecule has 2 aliphatic heterocycles. The molecular weight excluding hydrogens is 1030 g/mol. The predicted molar refractivity (Wildman–Crippen MR) is 322 cm³/mol. The summed E-state index contributed by atoms with van der Waals surface area (Å²) >= 11 is 0. The molecule has 0 unspecified atom stereocenters. The van der Waals surface area contributed by atoms with Gasteiger partial charge in [0.15, 0.2) is 0 Å². The van der Waals surface area contributed by atoms with Crippen LogP contribution >= 0.6 is 0 Å². The Balaban J connectivity index is 1.00. The number of ketones is 1. The molecule has 14 heteroatoms. The van der Waals surface area contributed by atoms with Crippen molar-refractivity contribution in [2.24, 2.45) is 23.7 Å². The summed E-state index contributed by atoms with van der Waals surface area (Å²) in [5.74, 6) is -1.17. The number of amides is 5. The van der Waals surface area contributed by atoms with Gasteiger partial charge in [-0.1, -0.05) is 137 Å². The highest BCUT2D eigenvalue weighted by molar-refractivity contribution is 5.96. The first kappa shape index (κ1) is 61.8. The van der Waals surface area contributed by atoms with Gasteiger partial charge in [0, 0.05) is 68.7 Å². The number of hydrogen-bond donors (Lipinski definition) is 4. The minimum absolute atomic E-state index is 0.0210. The van der Waals surface area contributed by atoms with Gasteiger partial charge in [0.2, 0.25) is 17.7 Å². The Morgan fingerprint density at radius 2 is 1.01 bits per heavy atom. The lowest BCUT2D eigenvalue weighted by atomic mass is 9.76. The van der Waals surface area contributed by atoms with E-state index < -0.39 is 36.3 Å². The standard InChI is InChI=1S/C68H92N6O8/c1-5-47(2)64(78)70-63(54-24-16-9-17-25-54)68(82)74-41-37-60(76)43-58(74)46-72(39-35-50-20-12-7-13-21-50)66(80)56-32-28-52(29-33-56)51-26-30-55(31-27-51)65(79)71(38-34-49-18-10-6-11-19-49)45-57-42-59(75)36-40-73(57)67(81)61(44-62(77)48(3)69-4)53-22-14-8-15-23-53/h6-7,10-13,18-21,26-33,47-48,53-54,57-61,63,69,75-76H,5,8-9,14-17,22-25,34-46H2,1-4H3,(H,70,78)/t47-,48+,57+,58+,59-,60-,61+,63+/m1/s1. The van der Waals surface area contributed by atoms with E-state index in [0.29, 0.717) is 82.3 Å². The molecule has 8 atom stereocenters. The number of carbonyl (C=O) groups excluding carboxylic acids is 6. The Kier molecular flexibility index (Phi) is 22.9. The fourth-order valence-electron chi connectivity index (χ4n) is 13.1. The molecule has 14 nitrogen and oxygen atoms in total. The van der Waals surface area contributed by atoms with E-state index in [1.165, 1.54) is 0 Å². The maximum absolute atomic E-state index is 14.9. The Labute approximate surface area is 487 Å². The van der Waals surface area contributed by atoms with Gasteiger partial charge in [-0.05, 0) is 143 Å². The summed E-state index contributed by atoms with van der Waals surface area (Å²) in [6.45, 7) is 7.65. The van der Waals surface area contributed by atoms with Crippen LogP contribution in [0.4, 0.5) is 0 Å². The number of rotatable bonds is 24. The summed E-state index contributed by atoms with van der Waals surface area (Å²) in [6.07, 6.45) is 12.2. The summed E-state index contributed by atoms with van der Waals surface area (Å²) in [5, 5.41) is 28.5. The summed E-state index contributed by atoms with van der Waals surface area (Å²) in [5.41, 5.74) is 4.84. The number of nitrogens with zero attached hydrogens (tertiary/aromatic N) is 4. The first-order chi connectivity index (χ1) is 39.7. The number of likely N-dealkylation sites (tertiary alicyclic amines) is 2. The highest BCUT2D eigenvalue weighted by atomic mass is 16.3. The summed E-state index contributed by atoms with van der Waals surface area (Å²) in [7, 11) is 1.76. The third-order valence-corrected chi connectivity index (χ3v) is 18.6. The van der Waals surface area contributed by atoms with Gasteiger partial charge in [0.25, 0.3) is 11.8 Å². The molecule has 4 aliphatic rings. The Morgan fingerprint density at radius 1 is 0.573 bits per heavy atom. The summed E-state index contributed by atoms with van der Waals surface area (Å²) in [6, 6.07) is 33.0. The maximum Gasteiger partial charge on any atom is 0.253 e. The second-order valence-electron chi connectivity index (χ2n) is 24.2. The van der Waals surface area contributed by atoms with E-state index in [4.69, 9.17) is 0 Å². The highest BCUT2D eigenvalue weighted by Gasteiger charge is 2.42. The minimum atomic E-state index is -0.660. The van der Waals surface area contributed by atoms with E-state index in [0.717, 1.165) is 86.5 Å². The third kappa shape index (κ3) is 16.5. The molecule has 2 heterocycles. The molecule has 4 aromatic rings. The maximum atomic E-state index is 14.9. The number of aliphatic hydroxyl groups is 2. The Hall–Kier alpha value is -6.22. The van der Waals surface area contributed by atoms with Gasteiger partial charge < -0.3 is 40.4 Å². The number of benzene rings is 4. The van der Waals surface area contributed by atoms with Crippen LogP contribution in [0.5, 0.6) is 0 Å². The zero-order chi connectivity index (χ0) is 58.1. The molecule has 0 radical (unpaired) electrons. The average molecular weight is 1120 g/mol. The molecule has 4 aromatic carbocycles. The number of hydrogen-bond acceptors (Lipinski definition) is 9. The van der Waals surface area contributed by atoms with Crippen LogP contribution in [0.2, 0.25) is 0 Å². The van der Waals surface area contributed by atoms with Gasteiger partial charge in [-0.3, -0.25) is 28.8 Å². The molecule has 82 heavy (non-hydrogen) atoms. The van der Waals surface area contributed by atoms with E-state index in [9.17, 15) is 39.0 Å². The number of aliphatic hydroxyl groups excluding tert-OH is 2. The summed E-state index contributed by atoms with van der Waals surface area (Å²) < 4.78 is 0. The van der Waals surface area contributed by atoms with Crippen molar-refractivity contribution in [1.82, 2.24) is 30.2 Å². The predicted octanol–water partition coefficient (Wildman–Crippen LogP) is 9.30. The van der Waals surface area contributed by atoms with Crippen LogP contribution in [0.15, 0.2) is 109 Å². The largest absolute Gasteiger partial charge is 0.393 e. The quantitative estimate of drug-likeness (QED) is 0.0532. The molecule has 442 valence electrons. The third-order valence-electron chi connectivity index (χ3n) is 18.6. The van der Waals surface area contributed by atoms with Crippen LogP contribution in [0, 0.1) is 23.7 Å². The fourth-order valence-corrected chi connectivity index (χ4v) is 13.1. The van der Waals surface area contributed by atoms with Crippen LogP contribution in [-0.4, -0.2) is 148 Å². The average Bonchev–Trinajstić information content (AvgIpc) is 3.58. The lowest BCUT2D eigenvalue weighted by Gasteiger charge is -2.43. The molecule has 0 bridgehead atoms. The second kappa shape index (κ2) is 30.4. The van der Waals surface area contributed by atoms with Crippen LogP contribution in [0.1, 0.15) is 155 Å². The SMILES string of the molecule is CC[C@@H](C)C(=O)N[C@H](C(=O)N1CC[C@@H](O)C[C@H]1CN(CCc1ccccc1)C(=O)c1ccc(-c2ccc(C(=O)N(CCc3ccccc3)C[C@@H]3C[C@H](O)CCN3C(=O)[C@@H](CC(=O)[C@H](C)NC)C3CCCCC3)cc2)cc1)C1CCCCC1. The molecule has 5 amide bonds. The molecular formula is C68H92N6O8. The van der Waals surface area contributed by atoms with Gasteiger partial charge in [-0.25, -0.2) is 0 Å². The fraction of sp³-hybridized carbons (Fsp3) is 0.559. The Bertz CT molecular complexity index is 2510. The van der Waals surface area contributed by atoms with Crippen molar-refractivity contribution in [2.45, 2.75) is 173 Å². The van der Waals surface area contributed by atoms with Crippen molar-refractivity contribution < 1.29 is 39.0 Å². The molecule has 8 rings (SSSR count). The minimum Gasteiger partial charge on any atom is -0.393 e. The molecule has 2 saturated carbocycles. The lowest BCUT2D eigenvalue weighted by molar-refractivity contribution is -0.146. The van der Waals surface area contributed by atoms with Crippen LogP contribution in [0.3, 0.4) is 0 Å². The van der Waals surface area contributed by atoms with Crippen molar-refractivity contribution in [3.05, 3.63) is 131 Å². The molecule has 0 aromatic heterocycles. The van der Waals surface area contributed by atoms with E-state index in [-0.39, 0.29) is 78.6 Å². The van der Waals surface area contributed by atoms with Gasteiger partial charge in [-0.15, -0.1) is 0 Å². The number of nitrogens with one attached hydrogen (secondary N) is 2. The van der Waals surface area contributed by atoms with Gasteiger partial charge >= 0.3 is 0 Å². The zero-order valence-electron chi connectivity index (χ0n) is 49.3. The van der Waals surface area contributed by atoms with Crippen molar-refractivity contribution in [3.8, 4) is 11.1 Å². The van der Waals surface area contributed by atoms with E-state index in [1.54, 1.807) is 7.05 Å². The number of likely N-dealkylation sites (N-methyl/N-ethyl adjacent to an activating group) is 1. The van der Waals surface area contributed by atoms with Crippen LogP contribution in [-0.2, 0) is 32.0 Å². The number of carbonyl (C=O) groups is 6. The van der Waals surface area contributed by atoms with Gasteiger partial charge in [0.05, 0.1) is 30.3 Å². The van der Waals surface area contributed by atoms with E-state index in [2.05, 4.69) is 10.6 Å². The zero-order valence-corrected chi connectivity index (χ0v) is 49.3. The normalized spacial score (nSPS) is 21.4. The Morgan fingerprint density at radius 3 is 1.45 bits per heavy atom. The molecule has 0 spiro atoms. The van der Waals surface area contributed by atoms with E-state index >= 15 is 0 Å². The van der Waals surface area contributed by atoms with Crippen molar-refractivity contribution in [1.29, 1.82) is 0 Å². The monoisotopic (exact) mass is 1120 g/mol. The van der Waals surface area contributed by atoms with Crippen molar-refractivity contribution in [2.75, 3.05) is 46.3 Å². The van der Waals surface area contributed by atoms with Crippen LogP contribution in [0.25, 0.3) is 11.1 Å². The first-order valence-corrected chi connectivity index (χ1v) is 31.1. The molecule has 2 saturated heterocycles. The number of Topliss-reactive ketones (excluding diaryl/α,β-unsaturated/α-hetero) is 1. The second-order valence-corrected chi connectivity index (χ2v) is 24.2. The molecule has 2 aliphatic carbocycles. The highest BCUT2D eigenvalue weighted by Crippen LogP contribution is 2.36.